The largest absolute Gasteiger partial charge is 0.396 e. The van der Waals surface area contributed by atoms with Gasteiger partial charge in [0.05, 0.1) is 5.69 Å². The molecule has 1 aromatic rings. The lowest BCUT2D eigenvalue weighted by Crippen LogP contribution is -2.22. The summed E-state index contributed by atoms with van der Waals surface area (Å²) in [5.41, 5.74) is 2.00. The van der Waals surface area contributed by atoms with Crippen LogP contribution in [-0.4, -0.2) is 13.0 Å². The van der Waals surface area contributed by atoms with Gasteiger partial charge in [-0.1, -0.05) is 46.8 Å². The second-order valence-electron chi connectivity index (χ2n) is 7.37. The van der Waals surface area contributed by atoms with Crippen molar-refractivity contribution in [2.45, 2.75) is 47.5 Å². The second kappa shape index (κ2) is 6.23. The van der Waals surface area contributed by atoms with Crippen LogP contribution in [0.2, 0.25) is 0 Å². The first-order valence-electron chi connectivity index (χ1n) is 6.86. The maximum absolute atomic E-state index is 10.5. The summed E-state index contributed by atoms with van der Waals surface area (Å²) in [6, 6.07) is 7.19. The Morgan fingerprint density at radius 1 is 1.05 bits per heavy atom. The third-order valence-corrected chi connectivity index (χ3v) is 3.18. The Morgan fingerprint density at radius 2 is 1.57 bits per heavy atom. The van der Waals surface area contributed by atoms with Crippen LogP contribution in [0.1, 0.15) is 46.6 Å². The smallest absolute Gasteiger partial charge is 0.267 e. The zero-order chi connectivity index (χ0) is 16.3. The molecule has 1 aromatic carbocycles. The molecule has 0 amide bonds. The van der Waals surface area contributed by atoms with Crippen molar-refractivity contribution in [2.75, 3.05) is 0 Å². The highest BCUT2D eigenvalue weighted by atomic mass is 32.2. The van der Waals surface area contributed by atoms with Crippen molar-refractivity contribution in [3.63, 3.8) is 0 Å². The lowest BCUT2D eigenvalue weighted by Gasteiger charge is -2.32. The molecule has 118 valence electrons. The van der Waals surface area contributed by atoms with Gasteiger partial charge in [-0.3, -0.25) is 4.55 Å². The Balaban J connectivity index is 2.77. The lowest BCUT2D eigenvalue weighted by atomic mass is 9.73. The highest BCUT2D eigenvalue weighted by molar-refractivity contribution is 7.84. The van der Waals surface area contributed by atoms with Crippen molar-refractivity contribution < 1.29 is 13.0 Å². The summed E-state index contributed by atoms with van der Waals surface area (Å²) in [5.74, 6) is 0. The van der Waals surface area contributed by atoms with E-state index in [0.29, 0.717) is 5.69 Å². The molecule has 0 spiro atoms. The van der Waals surface area contributed by atoms with Crippen LogP contribution in [0.5, 0.6) is 0 Å². The van der Waals surface area contributed by atoms with Crippen LogP contribution in [0, 0.1) is 10.8 Å². The van der Waals surface area contributed by atoms with Crippen molar-refractivity contribution in [1.29, 1.82) is 0 Å². The number of hydrogen-bond acceptors (Lipinski definition) is 3. The van der Waals surface area contributed by atoms with Gasteiger partial charge in [0.15, 0.2) is 0 Å². The summed E-state index contributed by atoms with van der Waals surface area (Å²) < 4.78 is 32.3. The first-order chi connectivity index (χ1) is 9.36. The molecule has 0 aliphatic heterocycles. The fourth-order valence-electron chi connectivity index (χ4n) is 2.83. The van der Waals surface area contributed by atoms with Crippen molar-refractivity contribution in [1.82, 2.24) is 0 Å². The van der Waals surface area contributed by atoms with Crippen molar-refractivity contribution >= 4 is 16.0 Å². The topological polar surface area (TPSA) is 79.1 Å². The average molecular weight is 312 g/mol. The Morgan fingerprint density at radius 3 is 2.00 bits per heavy atom. The standard InChI is InChI=1S/C15H24N2O3S/c1-14(2,3)11-15(4,5)10-12-6-8-13(9-7-12)16-17-21(18,19)20/h6-9H,10-11H2,1-5H3,(H,18,19,20)/b17-16+. The fourth-order valence-corrected chi connectivity index (χ4v) is 3.03. The van der Waals surface area contributed by atoms with Crippen LogP contribution in [0.15, 0.2) is 33.9 Å². The summed E-state index contributed by atoms with van der Waals surface area (Å²) in [4.78, 5) is 0. The van der Waals surface area contributed by atoms with E-state index in [-0.39, 0.29) is 10.8 Å². The molecule has 0 saturated carbocycles. The number of nitrogens with zero attached hydrogens (tertiary/aromatic N) is 2. The predicted molar refractivity (Wildman–Crippen MR) is 84.1 cm³/mol. The average Bonchev–Trinajstić information content (AvgIpc) is 2.23. The minimum Gasteiger partial charge on any atom is -0.267 e. The van der Waals surface area contributed by atoms with Gasteiger partial charge in [-0.15, -0.1) is 5.11 Å². The summed E-state index contributed by atoms with van der Waals surface area (Å²) in [6.07, 6.45) is 2.03. The molecule has 1 rings (SSSR count). The van der Waals surface area contributed by atoms with E-state index in [2.05, 4.69) is 44.3 Å². The first-order valence-corrected chi connectivity index (χ1v) is 8.25. The lowest BCUT2D eigenvalue weighted by molar-refractivity contribution is 0.211. The zero-order valence-corrected chi connectivity index (χ0v) is 14.1. The SMILES string of the molecule is CC(C)(C)CC(C)(C)Cc1ccc(/N=N/S(=O)(=O)O)cc1. The van der Waals surface area contributed by atoms with Gasteiger partial charge in [0.2, 0.25) is 0 Å². The first kappa shape index (κ1) is 17.8. The van der Waals surface area contributed by atoms with Crippen LogP contribution in [0.4, 0.5) is 5.69 Å². The highest BCUT2D eigenvalue weighted by Gasteiger charge is 2.25. The Hall–Kier alpha value is -1.27. The molecular formula is C15H24N2O3S. The maximum atomic E-state index is 10.5. The third kappa shape index (κ3) is 7.92. The van der Waals surface area contributed by atoms with E-state index in [0.717, 1.165) is 18.4 Å². The maximum Gasteiger partial charge on any atom is 0.396 e. The second-order valence-corrected chi connectivity index (χ2v) is 8.43. The summed E-state index contributed by atoms with van der Waals surface area (Å²) in [7, 11) is -4.42. The predicted octanol–water partition coefficient (Wildman–Crippen LogP) is 4.58. The quantitative estimate of drug-likeness (QED) is 0.638. The molecule has 0 heterocycles. The van der Waals surface area contributed by atoms with E-state index in [1.807, 2.05) is 12.1 Å². The molecular weight excluding hydrogens is 288 g/mol. The summed E-state index contributed by atoms with van der Waals surface area (Å²) >= 11 is 0. The molecule has 5 nitrogen and oxygen atoms in total. The molecule has 0 bridgehead atoms. The van der Waals surface area contributed by atoms with Crippen molar-refractivity contribution in [3.05, 3.63) is 29.8 Å². The molecule has 1 N–H and O–H groups in total. The molecule has 0 aromatic heterocycles. The van der Waals surface area contributed by atoms with E-state index in [1.165, 1.54) is 0 Å². The fraction of sp³-hybridized carbons (Fsp3) is 0.600. The number of benzene rings is 1. The van der Waals surface area contributed by atoms with Crippen molar-refractivity contribution in [3.8, 4) is 0 Å². The number of rotatable bonds is 5. The summed E-state index contributed by atoms with van der Waals surface area (Å²) in [6.45, 7) is 11.2. The van der Waals surface area contributed by atoms with E-state index in [1.54, 1.807) is 12.1 Å². The highest BCUT2D eigenvalue weighted by Crippen LogP contribution is 2.36. The van der Waals surface area contributed by atoms with Gasteiger partial charge in [-0.05, 0) is 45.9 Å². The van der Waals surface area contributed by atoms with Gasteiger partial charge in [-0.2, -0.15) is 8.42 Å². The van der Waals surface area contributed by atoms with Crippen LogP contribution in [0.25, 0.3) is 0 Å². The molecule has 21 heavy (non-hydrogen) atoms. The minimum absolute atomic E-state index is 0.176. The van der Waals surface area contributed by atoms with E-state index >= 15 is 0 Å². The normalized spacial score (nSPS) is 13.8. The van der Waals surface area contributed by atoms with E-state index < -0.39 is 10.3 Å². The molecule has 0 saturated heterocycles. The van der Waals surface area contributed by atoms with Crippen LogP contribution in [0.3, 0.4) is 0 Å². The van der Waals surface area contributed by atoms with Crippen molar-refractivity contribution in [2.24, 2.45) is 20.5 Å². The third-order valence-electron chi connectivity index (χ3n) is 2.89. The van der Waals surface area contributed by atoms with Gasteiger partial charge in [0.25, 0.3) is 0 Å². The van der Waals surface area contributed by atoms with Gasteiger partial charge in [-0.25, -0.2) is 0 Å². The molecule has 0 unspecified atom stereocenters. The molecule has 0 atom stereocenters. The Kier molecular flexibility index (Phi) is 5.28. The number of hydrogen-bond donors (Lipinski definition) is 1. The minimum atomic E-state index is -4.42. The zero-order valence-electron chi connectivity index (χ0n) is 13.3. The molecule has 0 fully saturated rings. The Labute approximate surface area is 127 Å². The van der Waals surface area contributed by atoms with E-state index in [9.17, 15) is 8.42 Å². The van der Waals surface area contributed by atoms with Gasteiger partial charge >= 0.3 is 10.3 Å². The van der Waals surface area contributed by atoms with Crippen LogP contribution in [-0.2, 0) is 16.7 Å². The van der Waals surface area contributed by atoms with E-state index in [4.69, 9.17) is 4.55 Å². The molecule has 6 heteroatoms. The van der Waals surface area contributed by atoms with Crippen LogP contribution < -0.4 is 0 Å². The molecule has 0 aliphatic carbocycles. The van der Waals surface area contributed by atoms with Gasteiger partial charge < -0.3 is 0 Å². The molecule has 0 aliphatic rings. The Bertz CT molecular complexity index is 597. The summed E-state index contributed by atoms with van der Waals surface area (Å²) in [5, 5.41) is 3.46. The van der Waals surface area contributed by atoms with Gasteiger partial charge in [0, 0.05) is 0 Å². The monoisotopic (exact) mass is 312 g/mol. The molecule has 0 radical (unpaired) electrons. The van der Waals surface area contributed by atoms with Gasteiger partial charge in [0.1, 0.15) is 0 Å². The van der Waals surface area contributed by atoms with Crippen LogP contribution >= 0.6 is 0 Å².